The number of piperidine rings is 1. The van der Waals surface area contributed by atoms with Crippen LogP contribution in [-0.4, -0.2) is 28.2 Å². The number of anilines is 1. The minimum Gasteiger partial charge on any atom is -0.390 e. The van der Waals surface area contributed by atoms with E-state index in [1.807, 2.05) is 0 Å². The third kappa shape index (κ3) is 2.28. The van der Waals surface area contributed by atoms with E-state index in [0.29, 0.717) is 22.3 Å². The fourth-order valence-corrected chi connectivity index (χ4v) is 3.62. The van der Waals surface area contributed by atoms with E-state index in [1.54, 1.807) is 12.3 Å². The van der Waals surface area contributed by atoms with Crippen molar-refractivity contribution >= 4 is 16.6 Å². The number of rotatable bonds is 2. The normalized spacial score (nSPS) is 19.0. The Labute approximate surface area is 133 Å². The van der Waals surface area contributed by atoms with E-state index in [1.165, 1.54) is 12.8 Å². The number of nitrogens with one attached hydrogen (secondary N) is 1. The van der Waals surface area contributed by atoms with Gasteiger partial charge in [0.15, 0.2) is 0 Å². The van der Waals surface area contributed by atoms with Gasteiger partial charge >= 0.3 is 0 Å². The average molecular weight is 310 g/mol. The van der Waals surface area contributed by atoms with Crippen LogP contribution in [0.3, 0.4) is 0 Å². The van der Waals surface area contributed by atoms with Crippen LogP contribution in [0, 0.1) is 16.7 Å². The van der Waals surface area contributed by atoms with Crippen LogP contribution in [0.1, 0.15) is 36.9 Å². The summed E-state index contributed by atoms with van der Waals surface area (Å²) in [5.41, 5.74) is 2.13. The largest absolute Gasteiger partial charge is 0.390 e. The van der Waals surface area contributed by atoms with Crippen molar-refractivity contribution in [3.63, 3.8) is 0 Å². The van der Waals surface area contributed by atoms with E-state index >= 15 is 0 Å². The predicted molar refractivity (Wildman–Crippen MR) is 86.1 cm³/mol. The van der Waals surface area contributed by atoms with Crippen LogP contribution in [0.5, 0.6) is 0 Å². The second kappa shape index (κ2) is 5.07. The summed E-state index contributed by atoms with van der Waals surface area (Å²) in [6, 6.07) is 3.83. The van der Waals surface area contributed by atoms with Crippen molar-refractivity contribution in [1.82, 2.24) is 9.97 Å². The topological polar surface area (TPSA) is 93.0 Å². The van der Waals surface area contributed by atoms with Gasteiger partial charge in [-0.2, -0.15) is 5.26 Å². The van der Waals surface area contributed by atoms with Gasteiger partial charge in [0.2, 0.25) is 0 Å². The number of aliphatic hydroxyl groups is 1. The highest BCUT2D eigenvalue weighted by Crippen LogP contribution is 2.54. The molecular weight excluding hydrogens is 292 g/mol. The number of aromatic amines is 1. The number of pyridine rings is 2. The molecule has 1 saturated carbocycles. The maximum Gasteiger partial charge on any atom is 0.268 e. The van der Waals surface area contributed by atoms with Crippen LogP contribution in [0.2, 0.25) is 0 Å². The van der Waals surface area contributed by atoms with Crippen molar-refractivity contribution in [1.29, 1.82) is 5.26 Å². The fourth-order valence-electron chi connectivity index (χ4n) is 3.62. The first-order chi connectivity index (χ1) is 11.2. The van der Waals surface area contributed by atoms with E-state index in [4.69, 9.17) is 0 Å². The number of nitrogens with zero attached hydrogens (tertiary/aromatic N) is 3. The Hall–Kier alpha value is -2.39. The third-order valence-electron chi connectivity index (χ3n) is 5.30. The van der Waals surface area contributed by atoms with Gasteiger partial charge in [0.25, 0.3) is 5.56 Å². The number of hydrogen-bond donors (Lipinski definition) is 2. The summed E-state index contributed by atoms with van der Waals surface area (Å²) in [6.45, 7) is 1.56. The first-order valence-electron chi connectivity index (χ1n) is 7.97. The maximum absolute atomic E-state index is 12.2. The lowest BCUT2D eigenvalue weighted by atomic mass is 9.92. The first-order valence-corrected chi connectivity index (χ1v) is 7.97. The zero-order valence-corrected chi connectivity index (χ0v) is 12.8. The van der Waals surface area contributed by atoms with Crippen LogP contribution in [0.4, 0.5) is 5.69 Å². The van der Waals surface area contributed by atoms with E-state index in [2.05, 4.69) is 20.9 Å². The van der Waals surface area contributed by atoms with Gasteiger partial charge in [-0.3, -0.25) is 9.78 Å². The number of nitriles is 1. The second-order valence-electron chi connectivity index (χ2n) is 6.66. The summed E-state index contributed by atoms with van der Waals surface area (Å²) in [5, 5.41) is 19.6. The highest BCUT2D eigenvalue weighted by molar-refractivity contribution is 5.94. The highest BCUT2D eigenvalue weighted by atomic mass is 16.3. The standard InChI is InChI=1S/C17H18N4O2/c18-8-13-15(21-5-3-17(1-2-17)4-6-21)12-7-11(10-22)19-9-14(12)20-16(13)23/h7,9,22H,1-6,10H2,(H,20,23). The average Bonchev–Trinajstić information content (AvgIpc) is 3.33. The molecule has 0 radical (unpaired) electrons. The molecule has 1 aliphatic carbocycles. The Balaban J connectivity index is 1.88. The van der Waals surface area contributed by atoms with E-state index < -0.39 is 0 Å². The smallest absolute Gasteiger partial charge is 0.268 e. The molecule has 4 rings (SSSR count). The van der Waals surface area contributed by atoms with Gasteiger partial charge in [-0.25, -0.2) is 0 Å². The monoisotopic (exact) mass is 310 g/mol. The summed E-state index contributed by atoms with van der Waals surface area (Å²) in [6.07, 6.45) is 6.40. The molecule has 0 unspecified atom stereocenters. The van der Waals surface area contributed by atoms with Crippen LogP contribution in [-0.2, 0) is 6.61 Å². The molecule has 0 amide bonds. The quantitative estimate of drug-likeness (QED) is 0.880. The Morgan fingerprint density at radius 3 is 2.70 bits per heavy atom. The van der Waals surface area contributed by atoms with Crippen molar-refractivity contribution < 1.29 is 5.11 Å². The van der Waals surface area contributed by atoms with Crippen LogP contribution >= 0.6 is 0 Å². The number of fused-ring (bicyclic) bond motifs is 1. The van der Waals surface area contributed by atoms with Crippen LogP contribution < -0.4 is 10.5 Å². The molecule has 3 heterocycles. The van der Waals surface area contributed by atoms with Gasteiger partial charge in [0.05, 0.1) is 29.7 Å². The molecule has 2 aromatic heterocycles. The molecule has 2 aromatic rings. The third-order valence-corrected chi connectivity index (χ3v) is 5.30. The van der Waals surface area contributed by atoms with Crippen molar-refractivity contribution in [2.45, 2.75) is 32.3 Å². The molecule has 0 atom stereocenters. The molecule has 6 nitrogen and oxygen atoms in total. The van der Waals surface area contributed by atoms with Gasteiger partial charge < -0.3 is 15.0 Å². The molecule has 118 valence electrons. The number of hydrogen-bond acceptors (Lipinski definition) is 5. The zero-order chi connectivity index (χ0) is 16.0. The van der Waals surface area contributed by atoms with Gasteiger partial charge in [-0.1, -0.05) is 0 Å². The second-order valence-corrected chi connectivity index (χ2v) is 6.66. The van der Waals surface area contributed by atoms with E-state index in [9.17, 15) is 15.2 Å². The Kier molecular flexibility index (Phi) is 3.13. The zero-order valence-electron chi connectivity index (χ0n) is 12.8. The molecule has 0 aromatic carbocycles. The number of aliphatic hydroxyl groups excluding tert-OH is 1. The predicted octanol–water partition coefficient (Wildman–Crippen LogP) is 1.67. The fraction of sp³-hybridized carbons (Fsp3) is 0.471. The lowest BCUT2D eigenvalue weighted by Crippen LogP contribution is -2.36. The van der Waals surface area contributed by atoms with Crippen LogP contribution in [0.25, 0.3) is 10.9 Å². The molecule has 0 bridgehead atoms. The van der Waals surface area contributed by atoms with E-state index in [0.717, 1.165) is 31.3 Å². The van der Waals surface area contributed by atoms with Crippen molar-refractivity contribution in [3.05, 3.63) is 33.9 Å². The molecule has 2 N–H and O–H groups in total. The maximum atomic E-state index is 12.2. The van der Waals surface area contributed by atoms with E-state index in [-0.39, 0.29) is 17.7 Å². The molecule has 1 aliphatic heterocycles. The van der Waals surface area contributed by atoms with Crippen LogP contribution in [0.15, 0.2) is 17.1 Å². The lowest BCUT2D eigenvalue weighted by Gasteiger charge is -2.34. The van der Waals surface area contributed by atoms with Crippen molar-refractivity contribution in [2.75, 3.05) is 18.0 Å². The lowest BCUT2D eigenvalue weighted by molar-refractivity contribution is 0.277. The summed E-state index contributed by atoms with van der Waals surface area (Å²) >= 11 is 0. The van der Waals surface area contributed by atoms with Crippen molar-refractivity contribution in [3.8, 4) is 6.07 Å². The first kappa shape index (κ1) is 14.2. The molecule has 1 saturated heterocycles. The summed E-state index contributed by atoms with van der Waals surface area (Å²) in [5.74, 6) is 0. The molecule has 2 fully saturated rings. The molecule has 2 aliphatic rings. The summed E-state index contributed by atoms with van der Waals surface area (Å²) in [4.78, 5) is 21.2. The molecule has 1 spiro atoms. The highest BCUT2D eigenvalue weighted by Gasteiger charge is 2.44. The molecular formula is C17H18N4O2. The number of aromatic nitrogens is 2. The summed E-state index contributed by atoms with van der Waals surface area (Å²) < 4.78 is 0. The Morgan fingerprint density at radius 1 is 1.35 bits per heavy atom. The van der Waals surface area contributed by atoms with Gasteiger partial charge in [0.1, 0.15) is 11.6 Å². The van der Waals surface area contributed by atoms with Gasteiger partial charge in [-0.15, -0.1) is 0 Å². The minimum absolute atomic E-state index is 0.152. The Morgan fingerprint density at radius 2 is 2.09 bits per heavy atom. The molecule has 23 heavy (non-hydrogen) atoms. The van der Waals surface area contributed by atoms with Crippen molar-refractivity contribution in [2.24, 2.45) is 5.41 Å². The number of H-pyrrole nitrogens is 1. The van der Waals surface area contributed by atoms with Gasteiger partial charge in [-0.05, 0) is 37.2 Å². The summed E-state index contributed by atoms with van der Waals surface area (Å²) in [7, 11) is 0. The van der Waals surface area contributed by atoms with Gasteiger partial charge in [0, 0.05) is 18.5 Å². The Bertz CT molecular complexity index is 867. The minimum atomic E-state index is -0.375. The molecule has 6 heteroatoms. The SMILES string of the molecule is N#Cc1c(N2CCC3(CC2)CC3)c2cc(CO)ncc2[nH]c1=O.